The zero-order valence-corrected chi connectivity index (χ0v) is 5.64. The van der Waals surface area contributed by atoms with Gasteiger partial charge in [-0.3, -0.25) is 0 Å². The Morgan fingerprint density at radius 2 is 1.88 bits per heavy atom. The number of ether oxygens (including phenoxy) is 1. The van der Waals surface area contributed by atoms with E-state index in [2.05, 4.69) is 13.8 Å². The zero-order valence-electron chi connectivity index (χ0n) is 5.64. The van der Waals surface area contributed by atoms with Crippen LogP contribution in [0.5, 0.6) is 0 Å². The molecule has 0 aromatic heterocycles. The highest BCUT2D eigenvalue weighted by atomic mass is 16.5. The van der Waals surface area contributed by atoms with Gasteiger partial charge >= 0.3 is 0 Å². The van der Waals surface area contributed by atoms with Crippen molar-refractivity contribution in [1.82, 2.24) is 0 Å². The minimum atomic E-state index is 0.231. The molecule has 2 unspecified atom stereocenters. The number of hydrogen-bond acceptors (Lipinski definition) is 2. The fraction of sp³-hybridized carbons (Fsp3) is 1.00. The molecule has 48 valence electrons. The Labute approximate surface area is 50.0 Å². The summed E-state index contributed by atoms with van der Waals surface area (Å²) in [7, 11) is 1.71. The van der Waals surface area contributed by atoms with E-state index < -0.39 is 0 Å². The summed E-state index contributed by atoms with van der Waals surface area (Å²) in [6.07, 6.45) is 0.294. The van der Waals surface area contributed by atoms with Crippen LogP contribution in [0, 0.1) is 5.41 Å². The molecule has 1 fully saturated rings. The average Bonchev–Trinajstić information content (AvgIpc) is 2.09. The molecule has 0 amide bonds. The standard InChI is InChI=1S/C6H13NO/c1-6(2)4(7)5(6)8-3/h4-5H,7H2,1-3H3. The van der Waals surface area contributed by atoms with Crippen molar-refractivity contribution in [2.45, 2.75) is 26.0 Å². The van der Waals surface area contributed by atoms with Gasteiger partial charge in [0.1, 0.15) is 0 Å². The highest BCUT2D eigenvalue weighted by molar-refractivity contribution is 5.10. The molecule has 0 aromatic carbocycles. The van der Waals surface area contributed by atoms with Crippen LogP contribution in [0.1, 0.15) is 13.8 Å². The maximum absolute atomic E-state index is 5.63. The van der Waals surface area contributed by atoms with Crippen LogP contribution in [-0.2, 0) is 4.74 Å². The highest BCUT2D eigenvalue weighted by Gasteiger charge is 2.56. The summed E-state index contributed by atoms with van der Waals surface area (Å²) >= 11 is 0. The van der Waals surface area contributed by atoms with Crippen molar-refractivity contribution in [3.8, 4) is 0 Å². The van der Waals surface area contributed by atoms with E-state index in [1.165, 1.54) is 0 Å². The quantitative estimate of drug-likeness (QED) is 0.536. The lowest BCUT2D eigenvalue weighted by molar-refractivity contribution is 0.151. The summed E-state index contributed by atoms with van der Waals surface area (Å²) in [4.78, 5) is 0. The molecule has 1 rings (SSSR count). The van der Waals surface area contributed by atoms with E-state index in [1.54, 1.807) is 7.11 Å². The smallest absolute Gasteiger partial charge is 0.0794 e. The van der Waals surface area contributed by atoms with Crippen molar-refractivity contribution >= 4 is 0 Å². The monoisotopic (exact) mass is 115 g/mol. The van der Waals surface area contributed by atoms with E-state index in [4.69, 9.17) is 10.5 Å². The molecule has 2 N–H and O–H groups in total. The summed E-state index contributed by atoms with van der Waals surface area (Å²) in [5.74, 6) is 0. The predicted molar refractivity (Wildman–Crippen MR) is 32.6 cm³/mol. The lowest BCUT2D eigenvalue weighted by atomic mass is 10.2. The van der Waals surface area contributed by atoms with Crippen LogP contribution in [0.4, 0.5) is 0 Å². The molecular weight excluding hydrogens is 102 g/mol. The van der Waals surface area contributed by atoms with Crippen molar-refractivity contribution in [3.63, 3.8) is 0 Å². The van der Waals surface area contributed by atoms with Crippen LogP contribution in [0.2, 0.25) is 0 Å². The van der Waals surface area contributed by atoms with Crippen LogP contribution < -0.4 is 5.73 Å². The van der Waals surface area contributed by atoms with Gasteiger partial charge in [-0.2, -0.15) is 0 Å². The molecule has 0 bridgehead atoms. The molecule has 2 heteroatoms. The van der Waals surface area contributed by atoms with Crippen molar-refractivity contribution in [2.24, 2.45) is 11.1 Å². The molecule has 0 radical (unpaired) electrons. The number of methoxy groups -OCH3 is 1. The average molecular weight is 115 g/mol. The second-order valence-corrected chi connectivity index (χ2v) is 3.00. The lowest BCUT2D eigenvalue weighted by Gasteiger charge is -1.96. The Morgan fingerprint density at radius 3 is 1.88 bits per heavy atom. The lowest BCUT2D eigenvalue weighted by Crippen LogP contribution is -2.07. The Hall–Kier alpha value is -0.0800. The molecular formula is C6H13NO. The van der Waals surface area contributed by atoms with Gasteiger partial charge in [0.15, 0.2) is 0 Å². The molecule has 2 atom stereocenters. The SMILES string of the molecule is COC1C(N)C1(C)C. The summed E-state index contributed by atoms with van der Waals surface area (Å²) in [5, 5.41) is 0. The molecule has 0 spiro atoms. The van der Waals surface area contributed by atoms with Gasteiger partial charge < -0.3 is 10.5 Å². The summed E-state index contributed by atoms with van der Waals surface area (Å²) in [6, 6.07) is 0.257. The Kier molecular flexibility index (Phi) is 1.10. The van der Waals surface area contributed by atoms with Gasteiger partial charge in [-0.1, -0.05) is 13.8 Å². The van der Waals surface area contributed by atoms with Crippen molar-refractivity contribution in [1.29, 1.82) is 0 Å². The van der Waals surface area contributed by atoms with Gasteiger partial charge in [0, 0.05) is 18.6 Å². The van der Waals surface area contributed by atoms with Gasteiger partial charge in [-0.05, 0) is 0 Å². The maximum Gasteiger partial charge on any atom is 0.0794 e. The second kappa shape index (κ2) is 1.45. The number of hydrogen-bond donors (Lipinski definition) is 1. The molecule has 2 nitrogen and oxygen atoms in total. The van der Waals surface area contributed by atoms with Crippen LogP contribution in [-0.4, -0.2) is 19.3 Å². The third-order valence-electron chi connectivity index (χ3n) is 2.06. The van der Waals surface area contributed by atoms with E-state index in [1.807, 2.05) is 0 Å². The molecule has 0 aliphatic heterocycles. The van der Waals surface area contributed by atoms with Crippen molar-refractivity contribution in [2.75, 3.05) is 7.11 Å². The first-order chi connectivity index (χ1) is 3.60. The van der Waals surface area contributed by atoms with E-state index >= 15 is 0 Å². The Morgan fingerprint density at radius 1 is 1.50 bits per heavy atom. The van der Waals surface area contributed by atoms with Gasteiger partial charge in [0.2, 0.25) is 0 Å². The Balaban J connectivity index is 2.45. The first-order valence-corrected chi connectivity index (χ1v) is 2.89. The van der Waals surface area contributed by atoms with Crippen LogP contribution >= 0.6 is 0 Å². The molecule has 1 aliphatic rings. The highest BCUT2D eigenvalue weighted by Crippen LogP contribution is 2.45. The third-order valence-corrected chi connectivity index (χ3v) is 2.06. The van der Waals surface area contributed by atoms with Gasteiger partial charge in [0.25, 0.3) is 0 Å². The fourth-order valence-electron chi connectivity index (χ4n) is 1.08. The van der Waals surface area contributed by atoms with Crippen molar-refractivity contribution in [3.05, 3.63) is 0 Å². The van der Waals surface area contributed by atoms with E-state index in [0.29, 0.717) is 6.10 Å². The van der Waals surface area contributed by atoms with Crippen LogP contribution in [0.3, 0.4) is 0 Å². The summed E-state index contributed by atoms with van der Waals surface area (Å²) in [6.45, 7) is 4.23. The number of nitrogens with two attached hydrogens (primary N) is 1. The minimum Gasteiger partial charge on any atom is -0.379 e. The summed E-state index contributed by atoms with van der Waals surface area (Å²) < 4.78 is 5.06. The van der Waals surface area contributed by atoms with Gasteiger partial charge in [0.05, 0.1) is 6.10 Å². The van der Waals surface area contributed by atoms with Crippen LogP contribution in [0.15, 0.2) is 0 Å². The maximum atomic E-state index is 5.63. The molecule has 8 heavy (non-hydrogen) atoms. The minimum absolute atomic E-state index is 0.231. The molecule has 1 saturated carbocycles. The van der Waals surface area contributed by atoms with E-state index in [9.17, 15) is 0 Å². The topological polar surface area (TPSA) is 35.2 Å². The zero-order chi connectivity index (χ0) is 6.36. The van der Waals surface area contributed by atoms with Gasteiger partial charge in [-0.25, -0.2) is 0 Å². The normalized spacial score (nSPS) is 42.0. The van der Waals surface area contributed by atoms with Crippen molar-refractivity contribution < 1.29 is 4.74 Å². The molecule has 0 aromatic rings. The Bertz CT molecular complexity index is 101. The van der Waals surface area contributed by atoms with Crippen LogP contribution in [0.25, 0.3) is 0 Å². The molecule has 0 heterocycles. The second-order valence-electron chi connectivity index (χ2n) is 3.00. The van der Waals surface area contributed by atoms with E-state index in [-0.39, 0.29) is 11.5 Å². The predicted octanol–water partition coefficient (Wildman–Crippen LogP) is 0.368. The molecule has 1 aliphatic carbocycles. The third kappa shape index (κ3) is 0.565. The van der Waals surface area contributed by atoms with Gasteiger partial charge in [-0.15, -0.1) is 0 Å². The van der Waals surface area contributed by atoms with E-state index in [0.717, 1.165) is 0 Å². The summed E-state index contributed by atoms with van der Waals surface area (Å²) in [5.41, 5.74) is 5.86. The number of rotatable bonds is 1. The molecule has 0 saturated heterocycles. The first kappa shape index (κ1) is 6.05. The first-order valence-electron chi connectivity index (χ1n) is 2.89. The largest absolute Gasteiger partial charge is 0.379 e. The fourth-order valence-corrected chi connectivity index (χ4v) is 1.08.